The molecular formula is C118H111N3. The summed E-state index contributed by atoms with van der Waals surface area (Å²) in [5.74, 6) is 0. The minimum Gasteiger partial charge on any atom is -0.310 e. The van der Waals surface area contributed by atoms with Crippen molar-refractivity contribution in [3.63, 3.8) is 0 Å². The van der Waals surface area contributed by atoms with Crippen molar-refractivity contribution in [3.05, 3.63) is 412 Å². The van der Waals surface area contributed by atoms with Gasteiger partial charge in [0, 0.05) is 66.8 Å². The van der Waals surface area contributed by atoms with Gasteiger partial charge in [0.15, 0.2) is 0 Å². The van der Waals surface area contributed by atoms with Gasteiger partial charge in [-0.1, -0.05) is 355 Å². The summed E-state index contributed by atoms with van der Waals surface area (Å²) < 4.78 is 0. The van der Waals surface area contributed by atoms with Crippen LogP contribution in [0.1, 0.15) is 182 Å². The van der Waals surface area contributed by atoms with Crippen LogP contribution in [0.3, 0.4) is 0 Å². The summed E-state index contributed by atoms with van der Waals surface area (Å²) in [6.07, 6.45) is 19.7. The first-order chi connectivity index (χ1) is 59.3. The summed E-state index contributed by atoms with van der Waals surface area (Å²) in [5, 5.41) is 4.74. The van der Waals surface area contributed by atoms with Crippen LogP contribution in [0.4, 0.5) is 51.2 Å². The Morgan fingerprint density at radius 3 is 0.884 bits per heavy atom. The predicted molar refractivity (Wildman–Crippen MR) is 517 cm³/mol. The Labute approximate surface area is 718 Å². The Morgan fingerprint density at radius 2 is 0.521 bits per heavy atom. The molecule has 121 heavy (non-hydrogen) atoms. The molecule has 3 aliphatic carbocycles. The van der Waals surface area contributed by atoms with Crippen LogP contribution in [0, 0.1) is 41.5 Å². The number of fused-ring (bicyclic) bond motifs is 9. The molecule has 0 saturated carbocycles. The van der Waals surface area contributed by atoms with E-state index < -0.39 is 5.41 Å². The number of aryl methyl sites for hydroxylation is 8. The molecule has 19 rings (SSSR count). The highest BCUT2D eigenvalue weighted by Gasteiger charge is 2.47. The van der Waals surface area contributed by atoms with Crippen molar-refractivity contribution in [2.75, 3.05) is 14.7 Å². The number of benzene rings is 16. The molecule has 0 bridgehead atoms. The van der Waals surface area contributed by atoms with Gasteiger partial charge in [0.1, 0.15) is 0 Å². The number of anilines is 9. The highest BCUT2D eigenvalue weighted by Crippen LogP contribution is 2.60. The number of unbranched alkanes of at least 4 members (excludes halogenated alkanes) is 10. The molecule has 598 valence electrons. The number of nitrogens with zero attached hydrogens (tertiary/aromatic N) is 3. The third kappa shape index (κ3) is 14.7. The molecule has 0 aromatic heterocycles. The van der Waals surface area contributed by atoms with Gasteiger partial charge in [-0.3, -0.25) is 0 Å². The summed E-state index contributed by atoms with van der Waals surface area (Å²) >= 11 is 0. The van der Waals surface area contributed by atoms with Crippen LogP contribution in [0.15, 0.2) is 334 Å². The maximum Gasteiger partial charge on any atom is 0.0713 e. The zero-order valence-corrected chi connectivity index (χ0v) is 71.9. The fraction of sp³-hybridized carbons (Fsp3) is 0.220. The van der Waals surface area contributed by atoms with Crippen LogP contribution in [0.5, 0.6) is 0 Å². The Bertz CT molecular complexity index is 6280. The first-order valence-corrected chi connectivity index (χ1v) is 45.0. The van der Waals surface area contributed by atoms with E-state index in [4.69, 9.17) is 0 Å². The molecule has 3 nitrogen and oxygen atoms in total. The van der Waals surface area contributed by atoms with Gasteiger partial charge in [0.05, 0.1) is 16.8 Å². The smallest absolute Gasteiger partial charge is 0.0713 e. The largest absolute Gasteiger partial charge is 0.310 e. The van der Waals surface area contributed by atoms with Crippen molar-refractivity contribution in [1.29, 1.82) is 0 Å². The van der Waals surface area contributed by atoms with Crippen LogP contribution in [0.2, 0.25) is 0 Å². The maximum atomic E-state index is 2.65. The van der Waals surface area contributed by atoms with Gasteiger partial charge in [0.2, 0.25) is 0 Å². The van der Waals surface area contributed by atoms with Crippen LogP contribution in [0.25, 0.3) is 77.2 Å². The Kier molecular flexibility index (Phi) is 21.7. The molecule has 0 spiro atoms. The standard InChI is InChI=1S/C118H111N3/c1-9-11-13-15-17-23-73-117(74-24-18-16-14-12-10-2)111-77-91(87-42-62-96(63-43-87)119(102-68-48-86-40-41-90(86)76-102)97-64-44-89(45-65-97)93-51-72-106-105-69-39-85(8)75-113(105)118(114(106)79-93,94-52-29-80(3)30-53-94)95-54-31-81(4)32-55-95)49-70-103(111)104-71-50-92(78-112(104)117)88-46-66-101(67-47-88)121(100-60-37-84(7)38-61-100)116-109-27-21-19-25-107(109)115(108-26-20-22-28-110(108)116)120(98-56-33-82(5)34-57-98)99-58-35-83(6)36-59-99/h19-22,25-39,42-72,75-79H,9-18,23-24,40-41,73-74H2,1-8H3. The van der Waals surface area contributed by atoms with E-state index in [1.165, 1.54) is 243 Å². The van der Waals surface area contributed by atoms with Crippen LogP contribution < -0.4 is 14.7 Å². The quantitative estimate of drug-likeness (QED) is 0.0275. The second-order valence-corrected chi connectivity index (χ2v) is 35.3. The molecule has 3 heteroatoms. The molecule has 0 atom stereocenters. The van der Waals surface area contributed by atoms with Crippen LogP contribution in [-0.2, 0) is 23.7 Å². The summed E-state index contributed by atoms with van der Waals surface area (Å²) in [6.45, 7) is 17.8. The third-order valence-electron chi connectivity index (χ3n) is 27.2. The topological polar surface area (TPSA) is 9.72 Å². The molecule has 0 aliphatic heterocycles. The van der Waals surface area contributed by atoms with Crippen LogP contribution >= 0.6 is 0 Å². The third-order valence-corrected chi connectivity index (χ3v) is 27.2. The second-order valence-electron chi connectivity index (χ2n) is 35.3. The molecule has 3 aliphatic rings. The minimum absolute atomic E-state index is 0.149. The van der Waals surface area contributed by atoms with Crippen molar-refractivity contribution >= 4 is 72.7 Å². The summed E-state index contributed by atoms with van der Waals surface area (Å²) in [4.78, 5) is 7.48. The first-order valence-electron chi connectivity index (χ1n) is 45.0. The Balaban J connectivity index is 0.677. The fourth-order valence-corrected chi connectivity index (χ4v) is 20.6. The molecule has 0 unspecified atom stereocenters. The van der Waals surface area contributed by atoms with E-state index in [2.05, 4.69) is 404 Å². The molecular weight excluding hydrogens is 1460 g/mol. The van der Waals surface area contributed by atoms with E-state index in [0.717, 1.165) is 65.5 Å². The highest BCUT2D eigenvalue weighted by atomic mass is 15.2. The lowest BCUT2D eigenvalue weighted by Crippen LogP contribution is -2.28. The summed E-state index contributed by atoms with van der Waals surface area (Å²) in [6, 6.07) is 129. The summed E-state index contributed by atoms with van der Waals surface area (Å²) in [7, 11) is 0. The predicted octanol–water partition coefficient (Wildman–Crippen LogP) is 33.5. The van der Waals surface area contributed by atoms with Gasteiger partial charge in [-0.15, -0.1) is 0 Å². The Morgan fingerprint density at radius 1 is 0.231 bits per heavy atom. The van der Waals surface area contributed by atoms with Crippen molar-refractivity contribution in [1.82, 2.24) is 0 Å². The molecule has 0 N–H and O–H groups in total. The SMILES string of the molecule is CCCCCCCCC1(CCCCCCCC)c2cc(-c3ccc(N(c4ccc(-c5ccc6c(c5)C(c5ccc(C)cc5)(c5ccc(C)cc5)c5cc(C)ccc5-6)cc4)c4ccc5c(c4)CC5)cc3)ccc2-c2ccc(-c3ccc(N(c4ccc(C)cc4)c4c5ccccc5c(N(c5ccc(C)cc5)c5ccc(C)cc5)c5ccccc45)cc3)cc21. The van der Waals surface area contributed by atoms with E-state index in [-0.39, 0.29) is 5.41 Å². The first kappa shape index (κ1) is 78.3. The van der Waals surface area contributed by atoms with E-state index in [9.17, 15) is 0 Å². The van der Waals surface area contributed by atoms with E-state index in [1.807, 2.05) is 0 Å². The Hall–Kier alpha value is -12.6. The highest BCUT2D eigenvalue weighted by molar-refractivity contribution is 6.23. The molecule has 0 saturated heterocycles. The molecule has 0 heterocycles. The lowest BCUT2D eigenvalue weighted by atomic mass is 9.67. The fourth-order valence-electron chi connectivity index (χ4n) is 20.6. The molecule has 0 amide bonds. The normalized spacial score (nSPS) is 13.2. The van der Waals surface area contributed by atoms with E-state index >= 15 is 0 Å². The lowest BCUT2D eigenvalue weighted by molar-refractivity contribution is 0.398. The van der Waals surface area contributed by atoms with Crippen molar-refractivity contribution in [2.45, 2.75) is 169 Å². The number of hydrogen-bond acceptors (Lipinski definition) is 3. The number of rotatable bonds is 28. The second kappa shape index (κ2) is 33.6. The lowest BCUT2D eigenvalue weighted by Gasteiger charge is -2.34. The zero-order chi connectivity index (χ0) is 82.3. The van der Waals surface area contributed by atoms with Gasteiger partial charge in [-0.25, -0.2) is 0 Å². The van der Waals surface area contributed by atoms with Gasteiger partial charge in [-0.2, -0.15) is 0 Å². The van der Waals surface area contributed by atoms with E-state index in [1.54, 1.807) is 0 Å². The average Bonchev–Trinajstić information content (AvgIpc) is 1.63. The maximum absolute atomic E-state index is 2.65. The molecule has 0 radical (unpaired) electrons. The van der Waals surface area contributed by atoms with Crippen molar-refractivity contribution in [3.8, 4) is 55.6 Å². The van der Waals surface area contributed by atoms with Crippen molar-refractivity contribution in [2.24, 2.45) is 0 Å². The zero-order valence-electron chi connectivity index (χ0n) is 71.9. The molecule has 0 fully saturated rings. The van der Waals surface area contributed by atoms with Crippen LogP contribution in [-0.4, -0.2) is 0 Å². The summed E-state index contributed by atoms with van der Waals surface area (Å²) in [5.41, 5.74) is 41.2. The van der Waals surface area contributed by atoms with Gasteiger partial charge >= 0.3 is 0 Å². The van der Waals surface area contributed by atoms with Gasteiger partial charge < -0.3 is 14.7 Å². The number of hydrogen-bond donors (Lipinski definition) is 0. The van der Waals surface area contributed by atoms with Gasteiger partial charge in [0.25, 0.3) is 0 Å². The van der Waals surface area contributed by atoms with E-state index in [0.29, 0.717) is 0 Å². The monoisotopic (exact) mass is 1570 g/mol. The molecule has 16 aromatic rings. The van der Waals surface area contributed by atoms with Crippen molar-refractivity contribution < 1.29 is 0 Å². The molecule has 16 aromatic carbocycles. The van der Waals surface area contributed by atoms with Gasteiger partial charge in [-0.05, 0) is 270 Å². The average molecular weight is 1570 g/mol. The minimum atomic E-state index is -0.491.